The van der Waals surface area contributed by atoms with Gasteiger partial charge in [0.15, 0.2) is 0 Å². The number of methoxy groups -OCH3 is 1. The fourth-order valence-electron chi connectivity index (χ4n) is 2.53. The molecule has 1 aliphatic rings. The number of nitrogens with zero attached hydrogens (tertiary/aromatic N) is 1. The molecule has 0 N–H and O–H groups in total. The lowest BCUT2D eigenvalue weighted by molar-refractivity contribution is -0.144. The summed E-state index contributed by atoms with van der Waals surface area (Å²) in [5, 5.41) is 0. The largest absolute Gasteiger partial charge is 0.469 e. The Morgan fingerprint density at radius 2 is 1.89 bits per heavy atom. The van der Waals surface area contributed by atoms with Crippen LogP contribution in [0.2, 0.25) is 0 Å². The van der Waals surface area contributed by atoms with Gasteiger partial charge in [-0.25, -0.2) is 0 Å². The zero-order valence-corrected chi connectivity index (χ0v) is 12.3. The molecule has 1 saturated heterocycles. The molecule has 2 rings (SSSR count). The van der Waals surface area contributed by atoms with Crippen molar-refractivity contribution in [2.75, 3.05) is 25.1 Å². The second kappa shape index (κ2) is 5.24. The molecule has 19 heavy (non-hydrogen) atoms. The third-order valence-electron chi connectivity index (χ3n) is 3.82. The molecule has 3 nitrogen and oxygen atoms in total. The minimum absolute atomic E-state index is 0.0206. The van der Waals surface area contributed by atoms with Crippen LogP contribution in [0.1, 0.15) is 32.8 Å². The Labute approximate surface area is 115 Å². The zero-order chi connectivity index (χ0) is 14.0. The number of hydrogen-bond acceptors (Lipinski definition) is 3. The van der Waals surface area contributed by atoms with Crippen LogP contribution in [0.25, 0.3) is 0 Å². The maximum absolute atomic E-state index is 11.5. The molecule has 0 aliphatic carbocycles. The predicted octanol–water partition coefficient (Wildman–Crippen LogP) is 2.98. The van der Waals surface area contributed by atoms with E-state index in [9.17, 15) is 4.79 Å². The molecule has 0 aromatic heterocycles. The van der Waals surface area contributed by atoms with Gasteiger partial charge in [-0.3, -0.25) is 4.79 Å². The molecule has 1 atom stereocenters. The average molecular weight is 261 g/mol. The number of carbonyl (C=O) groups is 1. The summed E-state index contributed by atoms with van der Waals surface area (Å²) >= 11 is 0. The van der Waals surface area contributed by atoms with Crippen LogP contribution in [0.5, 0.6) is 0 Å². The third kappa shape index (κ3) is 3.09. The van der Waals surface area contributed by atoms with E-state index in [4.69, 9.17) is 4.74 Å². The summed E-state index contributed by atoms with van der Waals surface area (Å²) in [5.41, 5.74) is 2.71. The third-order valence-corrected chi connectivity index (χ3v) is 3.82. The lowest BCUT2D eigenvalue weighted by Crippen LogP contribution is -2.23. The van der Waals surface area contributed by atoms with Crippen molar-refractivity contribution in [2.24, 2.45) is 5.92 Å². The maximum Gasteiger partial charge on any atom is 0.310 e. The van der Waals surface area contributed by atoms with Gasteiger partial charge in [-0.1, -0.05) is 32.9 Å². The molecule has 0 saturated carbocycles. The highest BCUT2D eigenvalue weighted by atomic mass is 16.5. The quantitative estimate of drug-likeness (QED) is 0.767. The second-order valence-corrected chi connectivity index (χ2v) is 6.25. The average Bonchev–Trinajstić information content (AvgIpc) is 2.86. The molecule has 104 valence electrons. The molecule has 1 heterocycles. The molecular weight excluding hydrogens is 238 g/mol. The first-order chi connectivity index (χ1) is 8.91. The molecule has 0 radical (unpaired) electrons. The van der Waals surface area contributed by atoms with Gasteiger partial charge in [0.25, 0.3) is 0 Å². The van der Waals surface area contributed by atoms with E-state index >= 15 is 0 Å². The monoisotopic (exact) mass is 261 g/mol. The predicted molar refractivity (Wildman–Crippen MR) is 77.5 cm³/mol. The Morgan fingerprint density at radius 3 is 2.42 bits per heavy atom. The Kier molecular flexibility index (Phi) is 3.83. The van der Waals surface area contributed by atoms with E-state index in [1.165, 1.54) is 18.4 Å². The summed E-state index contributed by atoms with van der Waals surface area (Å²) in [5.74, 6) is -0.0684. The molecule has 1 fully saturated rings. The second-order valence-electron chi connectivity index (χ2n) is 6.25. The van der Waals surface area contributed by atoms with Gasteiger partial charge in [-0.15, -0.1) is 0 Å². The van der Waals surface area contributed by atoms with E-state index in [0.29, 0.717) is 0 Å². The van der Waals surface area contributed by atoms with Gasteiger partial charge in [-0.2, -0.15) is 0 Å². The number of hydrogen-bond donors (Lipinski definition) is 0. The molecular formula is C16H23NO2. The topological polar surface area (TPSA) is 29.5 Å². The van der Waals surface area contributed by atoms with Crippen LogP contribution in [0.4, 0.5) is 5.69 Å². The summed E-state index contributed by atoms with van der Waals surface area (Å²) in [4.78, 5) is 13.8. The maximum atomic E-state index is 11.5. The standard InChI is InChI=1S/C16H23NO2/c1-16(2,3)13-5-7-14(8-6-13)17-10-9-12(11-17)15(18)19-4/h5-8,12H,9-11H2,1-4H3. The van der Waals surface area contributed by atoms with Crippen molar-refractivity contribution in [3.63, 3.8) is 0 Å². The van der Waals surface area contributed by atoms with Gasteiger partial charge in [0.05, 0.1) is 13.0 Å². The molecule has 0 bridgehead atoms. The van der Waals surface area contributed by atoms with Crippen LogP contribution in [-0.4, -0.2) is 26.2 Å². The van der Waals surface area contributed by atoms with Crippen molar-refractivity contribution in [2.45, 2.75) is 32.6 Å². The van der Waals surface area contributed by atoms with Crippen molar-refractivity contribution in [1.82, 2.24) is 0 Å². The number of anilines is 1. The van der Waals surface area contributed by atoms with Crippen molar-refractivity contribution in [1.29, 1.82) is 0 Å². The summed E-state index contributed by atoms with van der Waals surface area (Å²) in [6.07, 6.45) is 0.883. The lowest BCUT2D eigenvalue weighted by Gasteiger charge is -2.22. The lowest BCUT2D eigenvalue weighted by atomic mass is 9.87. The molecule has 0 spiro atoms. The fraction of sp³-hybridized carbons (Fsp3) is 0.562. The SMILES string of the molecule is COC(=O)C1CCN(c2ccc(C(C)(C)C)cc2)C1. The Balaban J connectivity index is 2.06. The number of ether oxygens (including phenoxy) is 1. The van der Waals surface area contributed by atoms with Crippen LogP contribution < -0.4 is 4.90 Å². The van der Waals surface area contributed by atoms with E-state index in [2.05, 4.69) is 49.9 Å². The number of carbonyl (C=O) groups excluding carboxylic acids is 1. The fourth-order valence-corrected chi connectivity index (χ4v) is 2.53. The highest BCUT2D eigenvalue weighted by Crippen LogP contribution is 2.28. The highest BCUT2D eigenvalue weighted by molar-refractivity contribution is 5.74. The summed E-state index contributed by atoms with van der Waals surface area (Å²) < 4.78 is 4.82. The summed E-state index contributed by atoms with van der Waals surface area (Å²) in [7, 11) is 1.46. The van der Waals surface area contributed by atoms with Crippen LogP contribution in [0.3, 0.4) is 0 Å². The Bertz CT molecular complexity index is 445. The van der Waals surface area contributed by atoms with Crippen LogP contribution in [0.15, 0.2) is 24.3 Å². The summed E-state index contributed by atoms with van der Waals surface area (Å²) in [6, 6.07) is 8.67. The van der Waals surface area contributed by atoms with Crippen LogP contribution >= 0.6 is 0 Å². The minimum Gasteiger partial charge on any atom is -0.469 e. The van der Waals surface area contributed by atoms with Gasteiger partial charge >= 0.3 is 5.97 Å². The van der Waals surface area contributed by atoms with Gasteiger partial charge in [-0.05, 0) is 29.5 Å². The van der Waals surface area contributed by atoms with Crippen molar-refractivity contribution < 1.29 is 9.53 Å². The van der Waals surface area contributed by atoms with E-state index in [1.807, 2.05) is 0 Å². The van der Waals surface area contributed by atoms with Crippen molar-refractivity contribution in [3.8, 4) is 0 Å². The smallest absolute Gasteiger partial charge is 0.310 e. The summed E-state index contributed by atoms with van der Waals surface area (Å²) in [6.45, 7) is 8.33. The van der Waals surface area contributed by atoms with Gasteiger partial charge in [0.1, 0.15) is 0 Å². The van der Waals surface area contributed by atoms with E-state index < -0.39 is 0 Å². The zero-order valence-electron chi connectivity index (χ0n) is 12.3. The van der Waals surface area contributed by atoms with Crippen LogP contribution in [-0.2, 0) is 14.9 Å². The van der Waals surface area contributed by atoms with Crippen molar-refractivity contribution >= 4 is 11.7 Å². The number of esters is 1. The first-order valence-electron chi connectivity index (χ1n) is 6.85. The van der Waals surface area contributed by atoms with E-state index in [-0.39, 0.29) is 17.3 Å². The van der Waals surface area contributed by atoms with Gasteiger partial charge in [0.2, 0.25) is 0 Å². The van der Waals surface area contributed by atoms with Gasteiger partial charge in [0, 0.05) is 18.8 Å². The van der Waals surface area contributed by atoms with E-state index in [1.54, 1.807) is 0 Å². The highest BCUT2D eigenvalue weighted by Gasteiger charge is 2.29. The normalized spacial score (nSPS) is 19.6. The first-order valence-corrected chi connectivity index (χ1v) is 6.85. The molecule has 3 heteroatoms. The Hall–Kier alpha value is -1.51. The molecule has 0 amide bonds. The Morgan fingerprint density at radius 1 is 1.26 bits per heavy atom. The number of rotatable bonds is 2. The molecule has 1 aromatic rings. The van der Waals surface area contributed by atoms with Crippen LogP contribution in [0, 0.1) is 5.92 Å². The molecule has 1 aliphatic heterocycles. The molecule has 1 aromatic carbocycles. The van der Waals surface area contributed by atoms with Gasteiger partial charge < -0.3 is 9.64 Å². The van der Waals surface area contributed by atoms with Crippen molar-refractivity contribution in [3.05, 3.63) is 29.8 Å². The van der Waals surface area contributed by atoms with E-state index in [0.717, 1.165) is 19.5 Å². The number of benzene rings is 1. The first kappa shape index (κ1) is 13.9. The minimum atomic E-state index is -0.0891. The molecule has 1 unspecified atom stereocenters.